The third-order valence-corrected chi connectivity index (χ3v) is 6.63. The van der Waals surface area contributed by atoms with E-state index in [1.807, 2.05) is 30.5 Å². The van der Waals surface area contributed by atoms with E-state index < -0.39 is 5.97 Å². The van der Waals surface area contributed by atoms with Crippen molar-refractivity contribution in [3.63, 3.8) is 0 Å². The van der Waals surface area contributed by atoms with E-state index in [9.17, 15) is 9.90 Å². The Morgan fingerprint density at radius 2 is 1.97 bits per heavy atom. The maximum Gasteiger partial charge on any atom is 0.337 e. The van der Waals surface area contributed by atoms with Gasteiger partial charge >= 0.3 is 5.97 Å². The maximum atomic E-state index is 11.8. The van der Waals surface area contributed by atoms with Crippen LogP contribution in [0.5, 0.6) is 0 Å². The number of carboxylic acids is 1. The van der Waals surface area contributed by atoms with Crippen LogP contribution >= 0.6 is 23.5 Å². The van der Waals surface area contributed by atoms with E-state index in [0.29, 0.717) is 10.7 Å². The number of benzene rings is 2. The van der Waals surface area contributed by atoms with Gasteiger partial charge in [-0.05, 0) is 59.8 Å². The minimum absolute atomic E-state index is 0.195. The SMILES string of the molecule is C=CC1=C(C=C)CN(Sc2cnc3ccc(Cl)cc3c2Nc2ccccc2C(=O)O)CC1. The molecule has 1 aromatic heterocycles. The van der Waals surface area contributed by atoms with Crippen molar-refractivity contribution in [1.29, 1.82) is 0 Å². The van der Waals surface area contributed by atoms with Crippen molar-refractivity contribution in [2.45, 2.75) is 11.3 Å². The molecular formula is C25H22ClN3O2S. The minimum Gasteiger partial charge on any atom is -0.478 e. The predicted octanol–water partition coefficient (Wildman–Crippen LogP) is 6.71. The van der Waals surface area contributed by atoms with Gasteiger partial charge in [-0.2, -0.15) is 0 Å². The summed E-state index contributed by atoms with van der Waals surface area (Å²) in [6, 6.07) is 12.3. The molecule has 3 aromatic rings. The molecule has 0 atom stereocenters. The highest BCUT2D eigenvalue weighted by atomic mass is 35.5. The van der Waals surface area contributed by atoms with Gasteiger partial charge in [0, 0.05) is 29.7 Å². The standard InChI is InChI=1S/C25H22ClN3O2S/c1-3-16-11-12-29(15-17(16)4-2)32-23-14-27-21-10-9-18(26)13-20(21)24(23)28-22-8-6-5-7-19(22)25(30)31/h3-10,13-14H,1-2,11-12,15H2,(H,27,28)(H,30,31). The summed E-state index contributed by atoms with van der Waals surface area (Å²) in [5.74, 6) is -0.993. The molecule has 0 unspecified atom stereocenters. The van der Waals surface area contributed by atoms with E-state index in [4.69, 9.17) is 11.6 Å². The molecular weight excluding hydrogens is 442 g/mol. The van der Waals surface area contributed by atoms with E-state index in [1.165, 1.54) is 5.57 Å². The van der Waals surface area contributed by atoms with Crippen LogP contribution in [-0.2, 0) is 0 Å². The number of carbonyl (C=O) groups is 1. The molecule has 4 rings (SSSR count). The highest BCUT2D eigenvalue weighted by Gasteiger charge is 2.20. The molecule has 0 aliphatic carbocycles. The zero-order valence-corrected chi connectivity index (χ0v) is 18.9. The molecule has 0 fully saturated rings. The normalized spacial score (nSPS) is 14.4. The topological polar surface area (TPSA) is 65.5 Å². The lowest BCUT2D eigenvalue weighted by Gasteiger charge is -2.28. The van der Waals surface area contributed by atoms with Crippen molar-refractivity contribution in [2.75, 3.05) is 18.4 Å². The summed E-state index contributed by atoms with van der Waals surface area (Å²) in [6.45, 7) is 9.42. The highest BCUT2D eigenvalue weighted by molar-refractivity contribution is 7.97. The number of nitrogens with zero attached hydrogens (tertiary/aromatic N) is 2. The van der Waals surface area contributed by atoms with Crippen molar-refractivity contribution < 1.29 is 9.90 Å². The molecule has 2 heterocycles. The molecule has 162 valence electrons. The number of fused-ring (bicyclic) bond motifs is 1. The molecule has 7 heteroatoms. The average Bonchev–Trinajstić information content (AvgIpc) is 2.80. The van der Waals surface area contributed by atoms with Crippen molar-refractivity contribution in [3.8, 4) is 0 Å². The number of para-hydroxylation sites is 1. The summed E-state index contributed by atoms with van der Waals surface area (Å²) in [4.78, 5) is 17.2. The second-order valence-electron chi connectivity index (χ2n) is 7.30. The third kappa shape index (κ3) is 4.58. The third-order valence-electron chi connectivity index (χ3n) is 5.32. The zero-order valence-electron chi connectivity index (χ0n) is 17.3. The van der Waals surface area contributed by atoms with E-state index in [1.54, 1.807) is 42.3 Å². The van der Waals surface area contributed by atoms with E-state index >= 15 is 0 Å². The summed E-state index contributed by atoms with van der Waals surface area (Å²) >= 11 is 7.87. The number of hydrogen-bond donors (Lipinski definition) is 2. The largest absolute Gasteiger partial charge is 0.478 e. The zero-order chi connectivity index (χ0) is 22.7. The van der Waals surface area contributed by atoms with Crippen molar-refractivity contribution >= 4 is 51.8 Å². The van der Waals surface area contributed by atoms with Gasteiger partial charge in [-0.25, -0.2) is 9.10 Å². The molecule has 0 bridgehead atoms. The lowest BCUT2D eigenvalue weighted by molar-refractivity contribution is 0.0698. The van der Waals surface area contributed by atoms with Gasteiger partial charge in [0.05, 0.1) is 27.4 Å². The monoisotopic (exact) mass is 463 g/mol. The Hall–Kier alpha value is -3.06. The first-order valence-electron chi connectivity index (χ1n) is 10.1. The van der Waals surface area contributed by atoms with Crippen LogP contribution in [0.1, 0.15) is 16.8 Å². The van der Waals surface area contributed by atoms with Gasteiger partial charge < -0.3 is 10.4 Å². The second kappa shape index (κ2) is 9.61. The maximum absolute atomic E-state index is 11.8. The Balaban J connectivity index is 1.77. The Morgan fingerprint density at radius 3 is 2.72 bits per heavy atom. The number of nitrogens with one attached hydrogen (secondary N) is 1. The number of aromatic nitrogens is 1. The van der Waals surface area contributed by atoms with Gasteiger partial charge in [0.25, 0.3) is 0 Å². The number of allylic oxidation sites excluding steroid dienone is 1. The summed E-state index contributed by atoms with van der Waals surface area (Å²) in [5.41, 5.74) is 4.62. The van der Waals surface area contributed by atoms with E-state index in [0.717, 1.165) is 46.6 Å². The number of carboxylic acid groups (broad SMARTS) is 1. The molecule has 0 spiro atoms. The average molecular weight is 464 g/mol. The van der Waals surface area contributed by atoms with Gasteiger partial charge in [0.15, 0.2) is 0 Å². The van der Waals surface area contributed by atoms with Gasteiger partial charge in [-0.1, -0.05) is 49.0 Å². The lowest BCUT2D eigenvalue weighted by Crippen LogP contribution is -2.25. The summed E-state index contributed by atoms with van der Waals surface area (Å²) in [6.07, 6.45) is 6.47. The predicted molar refractivity (Wildman–Crippen MR) is 133 cm³/mol. The number of anilines is 2. The van der Waals surface area contributed by atoms with Crippen molar-refractivity contribution in [2.24, 2.45) is 0 Å². The molecule has 32 heavy (non-hydrogen) atoms. The van der Waals surface area contributed by atoms with Gasteiger partial charge in [0.1, 0.15) is 0 Å². The van der Waals surface area contributed by atoms with Crippen LogP contribution in [0.3, 0.4) is 0 Å². The smallest absolute Gasteiger partial charge is 0.337 e. The summed E-state index contributed by atoms with van der Waals surface area (Å²) in [5, 5.41) is 14.4. The molecule has 5 nitrogen and oxygen atoms in total. The fraction of sp³-hybridized carbons (Fsp3) is 0.120. The Morgan fingerprint density at radius 1 is 1.19 bits per heavy atom. The minimum atomic E-state index is -0.993. The quantitative estimate of drug-likeness (QED) is 0.379. The van der Waals surface area contributed by atoms with E-state index in [-0.39, 0.29) is 5.56 Å². The van der Waals surface area contributed by atoms with Crippen LogP contribution in [0, 0.1) is 0 Å². The fourth-order valence-electron chi connectivity index (χ4n) is 3.68. The lowest BCUT2D eigenvalue weighted by atomic mass is 10.0. The van der Waals surface area contributed by atoms with Gasteiger partial charge in [0.2, 0.25) is 0 Å². The molecule has 1 aliphatic rings. The van der Waals surface area contributed by atoms with Crippen molar-refractivity contribution in [3.05, 3.63) is 95.7 Å². The molecule has 1 aliphatic heterocycles. The van der Waals surface area contributed by atoms with Crippen LogP contribution in [0.15, 0.2) is 90.0 Å². The molecule has 0 amide bonds. The Kier molecular flexibility index (Phi) is 6.65. The fourth-order valence-corrected chi connectivity index (χ4v) is 4.87. The van der Waals surface area contributed by atoms with Crippen LogP contribution in [0.25, 0.3) is 10.9 Å². The first-order chi connectivity index (χ1) is 15.5. The van der Waals surface area contributed by atoms with Crippen LogP contribution in [0.2, 0.25) is 5.02 Å². The Bertz CT molecular complexity index is 1260. The van der Waals surface area contributed by atoms with Crippen LogP contribution in [0.4, 0.5) is 11.4 Å². The molecule has 0 saturated carbocycles. The van der Waals surface area contributed by atoms with Gasteiger partial charge in [-0.15, -0.1) is 0 Å². The number of pyridine rings is 1. The molecule has 2 aromatic carbocycles. The molecule has 2 N–H and O–H groups in total. The summed E-state index contributed by atoms with van der Waals surface area (Å²) < 4.78 is 2.24. The number of rotatable bonds is 7. The number of aromatic carboxylic acids is 1. The van der Waals surface area contributed by atoms with Crippen LogP contribution in [-0.4, -0.2) is 33.5 Å². The first kappa shape index (κ1) is 22.1. The Labute approximate surface area is 196 Å². The van der Waals surface area contributed by atoms with Crippen molar-refractivity contribution in [1.82, 2.24) is 9.29 Å². The van der Waals surface area contributed by atoms with E-state index in [2.05, 4.69) is 27.8 Å². The molecule has 0 radical (unpaired) electrons. The summed E-state index contributed by atoms with van der Waals surface area (Å²) in [7, 11) is 0. The number of hydrogen-bond acceptors (Lipinski definition) is 5. The molecule has 0 saturated heterocycles. The second-order valence-corrected chi connectivity index (χ2v) is 8.87. The highest BCUT2D eigenvalue weighted by Crippen LogP contribution is 2.39. The number of halogens is 1. The first-order valence-corrected chi connectivity index (χ1v) is 11.2. The van der Waals surface area contributed by atoms with Gasteiger partial charge in [-0.3, -0.25) is 4.98 Å². The van der Waals surface area contributed by atoms with Crippen LogP contribution < -0.4 is 5.32 Å².